The highest BCUT2D eigenvalue weighted by Crippen LogP contribution is 2.24. The number of hydrogen-bond acceptors (Lipinski definition) is 4. The zero-order valence-electron chi connectivity index (χ0n) is 17.4. The number of carbonyl (C=O) groups is 1. The van der Waals surface area contributed by atoms with Gasteiger partial charge in [0.05, 0.1) is 0 Å². The Balaban J connectivity index is 1.79. The Bertz CT molecular complexity index is 737. The number of amides is 1. The predicted octanol–water partition coefficient (Wildman–Crippen LogP) is 3.65. The number of aliphatic hydroxyl groups excluding tert-OH is 1. The number of ether oxygens (including phenoxy) is 2. The Labute approximate surface area is 167 Å². The molecule has 0 heterocycles. The quantitative estimate of drug-likeness (QED) is 0.754. The SMILES string of the molecule is CC(Oc1ccccc1)C(=O)N(C)CC(O)COc1ccc(C(C)(C)C)cc1. The maximum Gasteiger partial charge on any atom is 0.263 e. The molecule has 0 aliphatic carbocycles. The molecule has 0 spiro atoms. The first-order valence-corrected chi connectivity index (χ1v) is 9.55. The molecule has 28 heavy (non-hydrogen) atoms. The van der Waals surface area contributed by atoms with E-state index in [2.05, 4.69) is 20.8 Å². The van der Waals surface area contributed by atoms with Crippen LogP contribution in [0.3, 0.4) is 0 Å². The van der Waals surface area contributed by atoms with Crippen LogP contribution >= 0.6 is 0 Å². The van der Waals surface area contributed by atoms with Gasteiger partial charge >= 0.3 is 0 Å². The van der Waals surface area contributed by atoms with E-state index in [1.165, 1.54) is 10.5 Å². The minimum Gasteiger partial charge on any atom is -0.491 e. The first kappa shape index (κ1) is 21.8. The van der Waals surface area contributed by atoms with Gasteiger partial charge in [0.25, 0.3) is 5.91 Å². The third-order valence-corrected chi connectivity index (χ3v) is 4.43. The number of nitrogens with zero attached hydrogens (tertiary/aromatic N) is 1. The summed E-state index contributed by atoms with van der Waals surface area (Å²) in [5.74, 6) is 1.14. The second-order valence-corrected chi connectivity index (χ2v) is 8.03. The number of benzene rings is 2. The van der Waals surface area contributed by atoms with Crippen LogP contribution in [-0.2, 0) is 10.2 Å². The van der Waals surface area contributed by atoms with Gasteiger partial charge in [0.1, 0.15) is 24.2 Å². The molecule has 152 valence electrons. The van der Waals surface area contributed by atoms with Gasteiger partial charge in [0.15, 0.2) is 6.10 Å². The Kier molecular flexibility index (Phi) is 7.46. The number of rotatable bonds is 8. The van der Waals surface area contributed by atoms with Gasteiger partial charge in [-0.3, -0.25) is 4.79 Å². The predicted molar refractivity (Wildman–Crippen MR) is 111 cm³/mol. The Hall–Kier alpha value is -2.53. The van der Waals surface area contributed by atoms with Gasteiger partial charge in [-0.05, 0) is 42.2 Å². The zero-order chi connectivity index (χ0) is 20.7. The van der Waals surface area contributed by atoms with Crippen molar-refractivity contribution in [3.63, 3.8) is 0 Å². The van der Waals surface area contributed by atoms with Crippen LogP contribution in [0.5, 0.6) is 11.5 Å². The van der Waals surface area contributed by atoms with Gasteiger partial charge in [0, 0.05) is 13.6 Å². The van der Waals surface area contributed by atoms with Crippen LogP contribution in [-0.4, -0.2) is 48.3 Å². The molecule has 0 aliphatic rings. The molecule has 2 unspecified atom stereocenters. The zero-order valence-corrected chi connectivity index (χ0v) is 17.4. The number of hydrogen-bond donors (Lipinski definition) is 1. The van der Waals surface area contributed by atoms with Crippen LogP contribution in [0.25, 0.3) is 0 Å². The highest BCUT2D eigenvalue weighted by molar-refractivity contribution is 5.80. The molecule has 0 aromatic heterocycles. The minimum absolute atomic E-state index is 0.0830. The van der Waals surface area contributed by atoms with E-state index in [9.17, 15) is 9.90 Å². The number of carbonyl (C=O) groups excluding carboxylic acids is 1. The van der Waals surface area contributed by atoms with Crippen LogP contribution in [0.4, 0.5) is 0 Å². The maximum absolute atomic E-state index is 12.4. The summed E-state index contributed by atoms with van der Waals surface area (Å²) in [6.07, 6.45) is -1.43. The monoisotopic (exact) mass is 385 g/mol. The average molecular weight is 386 g/mol. The number of likely N-dealkylation sites (N-methyl/N-ethyl adjacent to an activating group) is 1. The normalized spacial score (nSPS) is 13.5. The number of para-hydroxylation sites is 1. The number of aliphatic hydroxyl groups is 1. The van der Waals surface area contributed by atoms with Gasteiger partial charge in [-0.15, -0.1) is 0 Å². The molecule has 1 amide bonds. The highest BCUT2D eigenvalue weighted by Gasteiger charge is 2.21. The van der Waals surface area contributed by atoms with Crippen molar-refractivity contribution in [3.05, 3.63) is 60.2 Å². The second-order valence-electron chi connectivity index (χ2n) is 8.03. The standard InChI is InChI=1S/C23H31NO4/c1-17(28-21-9-7-6-8-10-21)22(26)24(5)15-19(25)16-27-20-13-11-18(12-14-20)23(2,3)4/h6-14,17,19,25H,15-16H2,1-5H3. The molecule has 2 aromatic rings. The molecule has 0 radical (unpaired) electrons. The van der Waals surface area contributed by atoms with Gasteiger partial charge in [-0.25, -0.2) is 0 Å². The lowest BCUT2D eigenvalue weighted by molar-refractivity contribution is -0.138. The summed E-state index contributed by atoms with van der Waals surface area (Å²) >= 11 is 0. The molecule has 0 saturated heterocycles. The molecule has 0 aliphatic heterocycles. The van der Waals surface area contributed by atoms with Crippen LogP contribution < -0.4 is 9.47 Å². The molecule has 2 rings (SSSR count). The van der Waals surface area contributed by atoms with E-state index < -0.39 is 12.2 Å². The summed E-state index contributed by atoms with van der Waals surface area (Å²) in [7, 11) is 1.65. The minimum atomic E-state index is -0.792. The van der Waals surface area contributed by atoms with Crippen LogP contribution in [0.2, 0.25) is 0 Å². The third-order valence-electron chi connectivity index (χ3n) is 4.43. The highest BCUT2D eigenvalue weighted by atomic mass is 16.5. The molecule has 1 N–H and O–H groups in total. The fourth-order valence-electron chi connectivity index (χ4n) is 2.77. The van der Waals surface area contributed by atoms with Crippen LogP contribution in [0, 0.1) is 0 Å². The molecule has 2 aromatic carbocycles. The van der Waals surface area contributed by atoms with Crippen molar-refractivity contribution in [2.75, 3.05) is 20.2 Å². The van der Waals surface area contributed by atoms with E-state index >= 15 is 0 Å². The molecule has 2 atom stereocenters. The van der Waals surface area contributed by atoms with E-state index in [1.54, 1.807) is 26.1 Å². The molecular formula is C23H31NO4. The summed E-state index contributed by atoms with van der Waals surface area (Å²) in [5, 5.41) is 10.2. The molecule has 5 nitrogen and oxygen atoms in total. The lowest BCUT2D eigenvalue weighted by Crippen LogP contribution is -2.43. The smallest absolute Gasteiger partial charge is 0.263 e. The maximum atomic E-state index is 12.4. The summed E-state index contributed by atoms with van der Waals surface area (Å²) in [4.78, 5) is 13.9. The molecular weight excluding hydrogens is 354 g/mol. The first-order valence-electron chi connectivity index (χ1n) is 9.55. The van der Waals surface area contributed by atoms with Crippen molar-refractivity contribution in [2.24, 2.45) is 0 Å². The van der Waals surface area contributed by atoms with Crippen LogP contribution in [0.1, 0.15) is 33.3 Å². The molecule has 0 fully saturated rings. The van der Waals surface area contributed by atoms with E-state index in [-0.39, 0.29) is 24.5 Å². The fraction of sp³-hybridized carbons (Fsp3) is 0.435. The van der Waals surface area contributed by atoms with Gasteiger partial charge < -0.3 is 19.5 Å². The van der Waals surface area contributed by atoms with Crippen molar-refractivity contribution in [1.82, 2.24) is 4.90 Å². The van der Waals surface area contributed by atoms with E-state index in [0.29, 0.717) is 11.5 Å². The van der Waals surface area contributed by atoms with Crippen molar-refractivity contribution < 1.29 is 19.4 Å². The van der Waals surface area contributed by atoms with Crippen molar-refractivity contribution in [2.45, 2.75) is 45.3 Å². The van der Waals surface area contributed by atoms with Crippen molar-refractivity contribution in [1.29, 1.82) is 0 Å². The van der Waals surface area contributed by atoms with Gasteiger partial charge in [0.2, 0.25) is 0 Å². The fourth-order valence-corrected chi connectivity index (χ4v) is 2.77. The largest absolute Gasteiger partial charge is 0.491 e. The molecule has 0 bridgehead atoms. The summed E-state index contributed by atoms with van der Waals surface area (Å²) in [5.41, 5.74) is 1.30. The van der Waals surface area contributed by atoms with E-state index in [4.69, 9.17) is 9.47 Å². The van der Waals surface area contributed by atoms with Crippen LogP contribution in [0.15, 0.2) is 54.6 Å². The second kappa shape index (κ2) is 9.60. The van der Waals surface area contributed by atoms with Crippen molar-refractivity contribution >= 4 is 5.91 Å². The van der Waals surface area contributed by atoms with Crippen molar-refractivity contribution in [3.8, 4) is 11.5 Å². The third kappa shape index (κ3) is 6.57. The average Bonchev–Trinajstić information content (AvgIpc) is 2.66. The topological polar surface area (TPSA) is 59.0 Å². The Morgan fingerprint density at radius 1 is 1.04 bits per heavy atom. The van der Waals surface area contributed by atoms with Gasteiger partial charge in [-0.1, -0.05) is 51.1 Å². The summed E-state index contributed by atoms with van der Waals surface area (Å²) in [6, 6.07) is 17.1. The lowest BCUT2D eigenvalue weighted by Gasteiger charge is -2.24. The van der Waals surface area contributed by atoms with E-state index in [0.717, 1.165) is 0 Å². The summed E-state index contributed by atoms with van der Waals surface area (Å²) in [6.45, 7) is 8.44. The van der Waals surface area contributed by atoms with E-state index in [1.807, 2.05) is 42.5 Å². The Morgan fingerprint density at radius 3 is 2.21 bits per heavy atom. The molecule has 5 heteroatoms. The molecule has 0 saturated carbocycles. The van der Waals surface area contributed by atoms with Gasteiger partial charge in [-0.2, -0.15) is 0 Å². The summed E-state index contributed by atoms with van der Waals surface area (Å²) < 4.78 is 11.3. The lowest BCUT2D eigenvalue weighted by atomic mass is 9.87. The Morgan fingerprint density at radius 2 is 1.64 bits per heavy atom. The first-order chi connectivity index (χ1) is 13.2.